The fraction of sp³-hybridized carbons (Fsp3) is 0.727. The molecule has 0 amide bonds. The van der Waals surface area contributed by atoms with Crippen LogP contribution in [0, 0.1) is 0 Å². The first-order chi connectivity index (χ1) is 8.20. The number of aromatic nitrogens is 3. The molecule has 2 rings (SSSR count). The quantitative estimate of drug-likeness (QED) is 0.723. The molecule has 6 heteroatoms. The van der Waals surface area contributed by atoms with Gasteiger partial charge >= 0.3 is 0 Å². The molecule has 0 spiro atoms. The lowest BCUT2D eigenvalue weighted by Crippen LogP contribution is -2.44. The predicted molar refractivity (Wildman–Crippen MR) is 61.6 cm³/mol. The van der Waals surface area contributed by atoms with E-state index in [0.717, 1.165) is 13.1 Å². The number of aryl methyl sites for hydroxylation is 1. The topological polar surface area (TPSA) is 60.2 Å². The van der Waals surface area contributed by atoms with Gasteiger partial charge in [0.1, 0.15) is 18.3 Å². The zero-order valence-electron chi connectivity index (χ0n) is 10.3. The summed E-state index contributed by atoms with van der Waals surface area (Å²) in [6.45, 7) is 4.88. The van der Waals surface area contributed by atoms with Gasteiger partial charge in [-0.2, -0.15) is 5.10 Å². The second-order valence-electron chi connectivity index (χ2n) is 4.26. The van der Waals surface area contributed by atoms with Gasteiger partial charge in [0, 0.05) is 19.6 Å². The van der Waals surface area contributed by atoms with E-state index in [0.29, 0.717) is 25.4 Å². The van der Waals surface area contributed by atoms with E-state index in [-0.39, 0.29) is 11.9 Å². The molecule has 94 valence electrons. The Morgan fingerprint density at radius 2 is 2.47 bits per heavy atom. The molecule has 1 saturated heterocycles. The summed E-state index contributed by atoms with van der Waals surface area (Å²) in [5, 5.41) is 4.05. The van der Waals surface area contributed by atoms with Crippen molar-refractivity contribution >= 4 is 5.78 Å². The fourth-order valence-electron chi connectivity index (χ4n) is 1.93. The number of Topliss-reactive ketones (excluding diaryl/α,β-unsaturated/α-hetero) is 1. The van der Waals surface area contributed by atoms with Crippen LogP contribution >= 0.6 is 0 Å². The molecule has 1 aliphatic heterocycles. The Labute approximate surface area is 101 Å². The molecule has 1 fully saturated rings. The van der Waals surface area contributed by atoms with E-state index >= 15 is 0 Å². The number of ether oxygens (including phenoxy) is 1. The van der Waals surface area contributed by atoms with Gasteiger partial charge in [0.2, 0.25) is 0 Å². The number of carbonyl (C=O) groups excluding carboxylic acids is 1. The molecule has 0 N–H and O–H groups in total. The van der Waals surface area contributed by atoms with Crippen LogP contribution in [0.1, 0.15) is 12.7 Å². The molecule has 0 saturated carbocycles. The highest BCUT2D eigenvalue weighted by Crippen LogP contribution is 2.07. The standard InChI is InChI=1S/C11H18N4O2/c1-3-15-11(12-8-13-15)6-9(16)10-7-14(2)4-5-17-10/h8,10H,3-7H2,1-2H3. The van der Waals surface area contributed by atoms with Crippen LogP contribution in [0.3, 0.4) is 0 Å². The number of ketones is 1. The highest BCUT2D eigenvalue weighted by Gasteiger charge is 2.25. The summed E-state index contributed by atoms with van der Waals surface area (Å²) in [4.78, 5) is 18.3. The van der Waals surface area contributed by atoms with Crippen molar-refractivity contribution in [2.45, 2.75) is 26.0 Å². The highest BCUT2D eigenvalue weighted by atomic mass is 16.5. The molecular weight excluding hydrogens is 220 g/mol. The SMILES string of the molecule is CCn1ncnc1CC(=O)C1CN(C)CCO1. The molecule has 17 heavy (non-hydrogen) atoms. The van der Waals surface area contributed by atoms with E-state index in [4.69, 9.17) is 4.74 Å². The number of nitrogens with zero attached hydrogens (tertiary/aromatic N) is 4. The lowest BCUT2D eigenvalue weighted by Gasteiger charge is -2.28. The van der Waals surface area contributed by atoms with Crippen LogP contribution in [0.25, 0.3) is 0 Å². The van der Waals surface area contributed by atoms with E-state index in [9.17, 15) is 4.79 Å². The van der Waals surface area contributed by atoms with Crippen LogP contribution in [-0.2, 0) is 22.5 Å². The molecular formula is C11H18N4O2. The molecule has 1 unspecified atom stereocenters. The van der Waals surface area contributed by atoms with Gasteiger partial charge in [-0.25, -0.2) is 9.67 Å². The Morgan fingerprint density at radius 1 is 1.65 bits per heavy atom. The average molecular weight is 238 g/mol. The summed E-state index contributed by atoms with van der Waals surface area (Å²) in [5.41, 5.74) is 0. The van der Waals surface area contributed by atoms with Crippen molar-refractivity contribution in [1.29, 1.82) is 0 Å². The third-order valence-corrected chi connectivity index (χ3v) is 2.96. The Kier molecular flexibility index (Phi) is 3.86. The molecule has 0 radical (unpaired) electrons. The number of carbonyl (C=O) groups is 1. The van der Waals surface area contributed by atoms with Crippen LogP contribution < -0.4 is 0 Å². The van der Waals surface area contributed by atoms with E-state index in [2.05, 4.69) is 15.0 Å². The Bertz CT molecular complexity index is 391. The average Bonchev–Trinajstić information content (AvgIpc) is 2.76. The summed E-state index contributed by atoms with van der Waals surface area (Å²) >= 11 is 0. The monoisotopic (exact) mass is 238 g/mol. The van der Waals surface area contributed by atoms with Crippen LogP contribution in [0.15, 0.2) is 6.33 Å². The van der Waals surface area contributed by atoms with Crippen LogP contribution in [-0.4, -0.2) is 58.3 Å². The maximum Gasteiger partial charge on any atom is 0.170 e. The van der Waals surface area contributed by atoms with Gasteiger partial charge in [0.05, 0.1) is 13.0 Å². The molecule has 1 aromatic heterocycles. The number of hydrogen-bond donors (Lipinski definition) is 0. The lowest BCUT2D eigenvalue weighted by molar-refractivity contribution is -0.135. The Hall–Kier alpha value is -1.27. The third kappa shape index (κ3) is 2.89. The zero-order valence-corrected chi connectivity index (χ0v) is 10.3. The Balaban J connectivity index is 1.96. The predicted octanol–water partition coefficient (Wildman–Crippen LogP) is -0.260. The van der Waals surface area contributed by atoms with E-state index in [1.165, 1.54) is 6.33 Å². The number of hydrogen-bond acceptors (Lipinski definition) is 5. The van der Waals surface area contributed by atoms with Crippen molar-refractivity contribution in [2.75, 3.05) is 26.7 Å². The van der Waals surface area contributed by atoms with Crippen LogP contribution in [0.5, 0.6) is 0 Å². The fourth-order valence-corrected chi connectivity index (χ4v) is 1.93. The normalized spacial score (nSPS) is 21.6. The van der Waals surface area contributed by atoms with Gasteiger partial charge in [0.25, 0.3) is 0 Å². The van der Waals surface area contributed by atoms with Gasteiger partial charge in [0.15, 0.2) is 5.78 Å². The van der Waals surface area contributed by atoms with Crippen LogP contribution in [0.2, 0.25) is 0 Å². The molecule has 1 atom stereocenters. The van der Waals surface area contributed by atoms with Gasteiger partial charge in [-0.15, -0.1) is 0 Å². The van der Waals surface area contributed by atoms with Crippen molar-refractivity contribution in [3.63, 3.8) is 0 Å². The van der Waals surface area contributed by atoms with E-state index < -0.39 is 0 Å². The lowest BCUT2D eigenvalue weighted by atomic mass is 10.1. The molecule has 1 aromatic rings. The summed E-state index contributed by atoms with van der Waals surface area (Å²) in [7, 11) is 2.00. The molecule has 1 aliphatic rings. The van der Waals surface area contributed by atoms with Gasteiger partial charge in [-0.1, -0.05) is 0 Å². The van der Waals surface area contributed by atoms with Gasteiger partial charge in [-0.05, 0) is 14.0 Å². The van der Waals surface area contributed by atoms with Crippen LogP contribution in [0.4, 0.5) is 0 Å². The molecule has 6 nitrogen and oxygen atoms in total. The van der Waals surface area contributed by atoms with Crippen molar-refractivity contribution < 1.29 is 9.53 Å². The van der Waals surface area contributed by atoms with Crippen molar-refractivity contribution in [1.82, 2.24) is 19.7 Å². The maximum atomic E-state index is 12.0. The summed E-state index contributed by atoms with van der Waals surface area (Å²) in [6.07, 6.45) is 1.46. The smallest absolute Gasteiger partial charge is 0.170 e. The molecule has 2 heterocycles. The first-order valence-electron chi connectivity index (χ1n) is 5.90. The number of likely N-dealkylation sites (N-methyl/N-ethyl adjacent to an activating group) is 1. The maximum absolute atomic E-state index is 12.0. The van der Waals surface area contributed by atoms with E-state index in [1.807, 2.05) is 14.0 Å². The largest absolute Gasteiger partial charge is 0.368 e. The first-order valence-corrected chi connectivity index (χ1v) is 5.90. The second kappa shape index (κ2) is 5.37. The van der Waals surface area contributed by atoms with Crippen molar-refractivity contribution in [3.05, 3.63) is 12.2 Å². The minimum absolute atomic E-state index is 0.0826. The van der Waals surface area contributed by atoms with Crippen molar-refractivity contribution in [3.8, 4) is 0 Å². The molecule has 0 bridgehead atoms. The number of rotatable bonds is 4. The van der Waals surface area contributed by atoms with Gasteiger partial charge in [-0.3, -0.25) is 4.79 Å². The number of morpholine rings is 1. The van der Waals surface area contributed by atoms with Crippen molar-refractivity contribution in [2.24, 2.45) is 0 Å². The summed E-state index contributed by atoms with van der Waals surface area (Å²) in [5.74, 6) is 0.800. The summed E-state index contributed by atoms with van der Waals surface area (Å²) in [6, 6.07) is 0. The summed E-state index contributed by atoms with van der Waals surface area (Å²) < 4.78 is 7.22. The third-order valence-electron chi connectivity index (χ3n) is 2.96. The first kappa shape index (κ1) is 12.2. The van der Waals surface area contributed by atoms with E-state index in [1.54, 1.807) is 4.68 Å². The minimum Gasteiger partial charge on any atom is -0.368 e. The van der Waals surface area contributed by atoms with Gasteiger partial charge < -0.3 is 9.64 Å². The Morgan fingerprint density at radius 3 is 3.18 bits per heavy atom. The molecule has 0 aliphatic carbocycles. The zero-order chi connectivity index (χ0) is 12.3. The molecule has 0 aromatic carbocycles. The minimum atomic E-state index is -0.323. The second-order valence-corrected chi connectivity index (χ2v) is 4.26. The highest BCUT2D eigenvalue weighted by molar-refractivity contribution is 5.84.